The number of carbonyl (C=O) groups is 1. The number of carbonyl (C=O) groups excluding carboxylic acids is 1. The van der Waals surface area contributed by atoms with E-state index in [-0.39, 0.29) is 23.5 Å². The molecule has 39 heavy (non-hydrogen) atoms. The average molecular weight is 543 g/mol. The number of thiazole rings is 1. The number of phenols is 1. The summed E-state index contributed by atoms with van der Waals surface area (Å²) in [4.78, 5) is 32.7. The number of methoxy groups -OCH3 is 2. The summed E-state index contributed by atoms with van der Waals surface area (Å²) in [7, 11) is 3.07. The first-order chi connectivity index (χ1) is 18.9. The zero-order valence-corrected chi connectivity index (χ0v) is 22.4. The van der Waals surface area contributed by atoms with Gasteiger partial charge in [0.05, 0.1) is 42.7 Å². The van der Waals surface area contributed by atoms with E-state index in [2.05, 4.69) is 0 Å². The third-order valence-electron chi connectivity index (χ3n) is 6.26. The monoisotopic (exact) mass is 542 g/mol. The number of phenolic OH excluding ortho intramolecular Hbond substituents is 1. The Kier molecular flexibility index (Phi) is 7.33. The van der Waals surface area contributed by atoms with E-state index in [1.807, 2.05) is 30.3 Å². The van der Waals surface area contributed by atoms with Crippen LogP contribution >= 0.6 is 11.3 Å². The number of ether oxygens (including phenoxy) is 3. The number of rotatable bonds is 7. The lowest BCUT2D eigenvalue weighted by molar-refractivity contribution is -0.138. The molecule has 2 heterocycles. The number of nitrogens with zero attached hydrogens (tertiary/aromatic N) is 2. The molecule has 0 radical (unpaired) electrons. The largest absolute Gasteiger partial charge is 0.508 e. The van der Waals surface area contributed by atoms with Gasteiger partial charge < -0.3 is 19.3 Å². The van der Waals surface area contributed by atoms with Gasteiger partial charge in [-0.25, -0.2) is 9.79 Å². The summed E-state index contributed by atoms with van der Waals surface area (Å²) >= 11 is 1.21. The number of benzene rings is 3. The molecule has 198 valence electrons. The lowest BCUT2D eigenvalue weighted by Gasteiger charge is -2.26. The first-order valence-corrected chi connectivity index (χ1v) is 13.1. The highest BCUT2D eigenvalue weighted by atomic mass is 32.1. The van der Waals surface area contributed by atoms with Crippen molar-refractivity contribution in [3.05, 3.63) is 115 Å². The van der Waals surface area contributed by atoms with Gasteiger partial charge in [0.2, 0.25) is 0 Å². The SMILES string of the molecule is CCOC(=O)C1=C(c2ccccc2)N=c2s/c(=C\c3cccc(O)c3)c(=O)n2[C@@H]1c1ccc(OC)c(OC)c1. The Balaban J connectivity index is 1.85. The van der Waals surface area contributed by atoms with Crippen LogP contribution in [0.5, 0.6) is 17.2 Å². The molecule has 0 saturated carbocycles. The average Bonchev–Trinajstić information content (AvgIpc) is 3.26. The van der Waals surface area contributed by atoms with Gasteiger partial charge in [-0.1, -0.05) is 59.9 Å². The van der Waals surface area contributed by atoms with Crippen LogP contribution in [0.15, 0.2) is 88.2 Å². The van der Waals surface area contributed by atoms with Crippen LogP contribution in [0.1, 0.15) is 29.7 Å². The molecule has 0 fully saturated rings. The molecule has 1 N–H and O–H groups in total. The second-order valence-electron chi connectivity index (χ2n) is 8.64. The molecule has 0 aliphatic carbocycles. The smallest absolute Gasteiger partial charge is 0.338 e. The molecule has 3 aromatic carbocycles. The van der Waals surface area contributed by atoms with Crippen molar-refractivity contribution in [2.45, 2.75) is 13.0 Å². The number of hydrogen-bond acceptors (Lipinski definition) is 8. The normalized spacial score (nSPS) is 14.9. The molecule has 0 spiro atoms. The lowest BCUT2D eigenvalue weighted by Crippen LogP contribution is -2.40. The highest BCUT2D eigenvalue weighted by molar-refractivity contribution is 7.07. The minimum atomic E-state index is -0.846. The number of hydrogen-bond donors (Lipinski definition) is 1. The standard InChI is InChI=1S/C30H26N2O6S/c1-4-38-29(35)25-26(19-10-6-5-7-11-19)31-30-32(27(25)20-13-14-22(36-2)23(17-20)37-3)28(34)24(39-30)16-18-9-8-12-21(33)15-18/h5-17,27,33H,4H2,1-3H3/b24-16-/t27-/m1/s1. The molecule has 5 rings (SSSR count). The summed E-state index contributed by atoms with van der Waals surface area (Å²) in [5.41, 5.74) is 2.36. The van der Waals surface area contributed by atoms with Gasteiger partial charge in [0.25, 0.3) is 5.56 Å². The Bertz CT molecular complexity index is 1750. The minimum Gasteiger partial charge on any atom is -0.508 e. The van der Waals surface area contributed by atoms with Gasteiger partial charge in [-0.3, -0.25) is 9.36 Å². The van der Waals surface area contributed by atoms with Gasteiger partial charge in [-0.2, -0.15) is 0 Å². The van der Waals surface area contributed by atoms with Crippen LogP contribution in [0.4, 0.5) is 0 Å². The van der Waals surface area contributed by atoms with E-state index in [9.17, 15) is 14.7 Å². The predicted octanol–water partition coefficient (Wildman–Crippen LogP) is 3.66. The molecule has 1 atom stereocenters. The molecule has 1 aliphatic heterocycles. The Labute approximate surface area is 228 Å². The second-order valence-corrected chi connectivity index (χ2v) is 9.65. The van der Waals surface area contributed by atoms with E-state index in [0.29, 0.717) is 37.7 Å². The molecular weight excluding hydrogens is 516 g/mol. The van der Waals surface area contributed by atoms with Gasteiger partial charge in [0, 0.05) is 5.56 Å². The zero-order chi connectivity index (χ0) is 27.5. The van der Waals surface area contributed by atoms with Crippen LogP contribution in [-0.2, 0) is 9.53 Å². The van der Waals surface area contributed by atoms with Crippen molar-refractivity contribution >= 4 is 29.1 Å². The van der Waals surface area contributed by atoms with Gasteiger partial charge in [-0.05, 0) is 48.4 Å². The van der Waals surface area contributed by atoms with Gasteiger partial charge in [0.1, 0.15) is 5.75 Å². The van der Waals surface area contributed by atoms with Crippen LogP contribution in [0.2, 0.25) is 0 Å². The second kappa shape index (κ2) is 11.0. The van der Waals surface area contributed by atoms with E-state index in [0.717, 1.165) is 5.56 Å². The first kappa shape index (κ1) is 26.0. The summed E-state index contributed by atoms with van der Waals surface area (Å²) in [6.07, 6.45) is 1.70. The summed E-state index contributed by atoms with van der Waals surface area (Å²) in [6, 6.07) is 20.4. The molecule has 4 aromatic rings. The maximum absolute atomic E-state index is 13.9. The van der Waals surface area contributed by atoms with Crippen molar-refractivity contribution in [1.82, 2.24) is 4.57 Å². The molecule has 9 heteroatoms. The van der Waals surface area contributed by atoms with Crippen LogP contribution in [0.3, 0.4) is 0 Å². The number of esters is 1. The molecule has 1 aromatic heterocycles. The summed E-state index contributed by atoms with van der Waals surface area (Å²) in [6.45, 7) is 1.89. The summed E-state index contributed by atoms with van der Waals surface area (Å²) < 4.78 is 18.4. The van der Waals surface area contributed by atoms with E-state index in [1.54, 1.807) is 62.6 Å². The van der Waals surface area contributed by atoms with Crippen molar-refractivity contribution < 1.29 is 24.1 Å². The molecule has 0 bridgehead atoms. The van der Waals surface area contributed by atoms with Crippen LogP contribution in [-0.4, -0.2) is 36.5 Å². The fourth-order valence-electron chi connectivity index (χ4n) is 4.54. The summed E-state index contributed by atoms with van der Waals surface area (Å²) in [5, 5.41) is 9.91. The van der Waals surface area contributed by atoms with Crippen LogP contribution in [0.25, 0.3) is 11.8 Å². The van der Waals surface area contributed by atoms with Gasteiger partial charge in [-0.15, -0.1) is 0 Å². The molecule has 0 amide bonds. The third kappa shape index (κ3) is 4.96. The number of fused-ring (bicyclic) bond motifs is 1. The van der Waals surface area contributed by atoms with Crippen molar-refractivity contribution in [2.24, 2.45) is 4.99 Å². The van der Waals surface area contributed by atoms with Crippen molar-refractivity contribution in [3.63, 3.8) is 0 Å². The van der Waals surface area contributed by atoms with Crippen molar-refractivity contribution in [2.75, 3.05) is 20.8 Å². The Morgan fingerprint density at radius 3 is 2.49 bits per heavy atom. The molecule has 8 nitrogen and oxygen atoms in total. The molecule has 0 saturated heterocycles. The van der Waals surface area contributed by atoms with Crippen molar-refractivity contribution in [1.29, 1.82) is 0 Å². The maximum atomic E-state index is 13.9. The Morgan fingerprint density at radius 1 is 1.03 bits per heavy atom. The molecule has 1 aliphatic rings. The Hall–Kier alpha value is -4.63. The van der Waals surface area contributed by atoms with E-state index >= 15 is 0 Å². The Morgan fingerprint density at radius 2 is 1.79 bits per heavy atom. The predicted molar refractivity (Wildman–Crippen MR) is 149 cm³/mol. The van der Waals surface area contributed by atoms with Crippen molar-refractivity contribution in [3.8, 4) is 17.2 Å². The fourth-order valence-corrected chi connectivity index (χ4v) is 5.55. The number of aromatic hydroxyl groups is 1. The molecular formula is C30H26N2O6S. The first-order valence-electron chi connectivity index (χ1n) is 12.2. The minimum absolute atomic E-state index is 0.0932. The van der Waals surface area contributed by atoms with Gasteiger partial charge in [0.15, 0.2) is 16.3 Å². The van der Waals surface area contributed by atoms with Crippen LogP contribution in [0, 0.1) is 0 Å². The van der Waals surface area contributed by atoms with Gasteiger partial charge >= 0.3 is 5.97 Å². The highest BCUT2D eigenvalue weighted by Crippen LogP contribution is 2.38. The highest BCUT2D eigenvalue weighted by Gasteiger charge is 2.35. The van der Waals surface area contributed by atoms with E-state index in [1.165, 1.54) is 23.0 Å². The van der Waals surface area contributed by atoms with E-state index in [4.69, 9.17) is 19.2 Å². The topological polar surface area (TPSA) is 99.4 Å². The quantitative estimate of drug-likeness (QED) is 0.358. The third-order valence-corrected chi connectivity index (χ3v) is 7.25. The molecule has 0 unspecified atom stereocenters. The lowest BCUT2D eigenvalue weighted by atomic mass is 9.93. The maximum Gasteiger partial charge on any atom is 0.338 e. The van der Waals surface area contributed by atoms with E-state index < -0.39 is 12.0 Å². The summed E-state index contributed by atoms with van der Waals surface area (Å²) in [5.74, 6) is 0.499. The zero-order valence-electron chi connectivity index (χ0n) is 21.6. The fraction of sp³-hybridized carbons (Fsp3) is 0.167. The number of aromatic nitrogens is 1. The van der Waals surface area contributed by atoms with Crippen LogP contribution < -0.4 is 24.4 Å².